The number of carbonyl (C=O) groups is 1. The third-order valence-electron chi connectivity index (χ3n) is 4.39. The topological polar surface area (TPSA) is 26.3 Å². The molecule has 0 saturated carbocycles. The van der Waals surface area contributed by atoms with Crippen LogP contribution in [-0.4, -0.2) is 17.8 Å². The SMILES string of the molecule is CCCCCCCCCCCCCCCCC(S)C(=O)OCC. The molecular formula is C20H40O2S. The highest BCUT2D eigenvalue weighted by Gasteiger charge is 2.13. The molecule has 0 aliphatic heterocycles. The minimum atomic E-state index is -0.229. The van der Waals surface area contributed by atoms with E-state index in [4.69, 9.17) is 4.74 Å². The largest absolute Gasteiger partial charge is 0.465 e. The number of unbranched alkanes of at least 4 members (excludes halogenated alkanes) is 13. The molecule has 23 heavy (non-hydrogen) atoms. The summed E-state index contributed by atoms with van der Waals surface area (Å²) in [5.41, 5.74) is 0. The van der Waals surface area contributed by atoms with Gasteiger partial charge in [-0.25, -0.2) is 0 Å². The zero-order valence-corrected chi connectivity index (χ0v) is 16.5. The highest BCUT2D eigenvalue weighted by Crippen LogP contribution is 2.15. The Balaban J connectivity index is 3.14. The molecule has 0 aliphatic carbocycles. The van der Waals surface area contributed by atoms with Crippen molar-refractivity contribution in [1.82, 2.24) is 0 Å². The first-order valence-electron chi connectivity index (χ1n) is 10.1. The lowest BCUT2D eigenvalue weighted by atomic mass is 10.0. The second kappa shape index (κ2) is 18.2. The Morgan fingerprint density at radius 3 is 1.52 bits per heavy atom. The van der Waals surface area contributed by atoms with Crippen LogP contribution in [0.4, 0.5) is 0 Å². The number of hydrogen-bond donors (Lipinski definition) is 1. The van der Waals surface area contributed by atoms with Gasteiger partial charge in [-0.15, -0.1) is 0 Å². The lowest BCUT2D eigenvalue weighted by Gasteiger charge is -2.09. The maximum Gasteiger partial charge on any atom is 0.318 e. The summed E-state index contributed by atoms with van der Waals surface area (Å²) < 4.78 is 4.96. The molecule has 0 saturated heterocycles. The maximum absolute atomic E-state index is 11.4. The van der Waals surface area contributed by atoms with Crippen molar-refractivity contribution < 1.29 is 9.53 Å². The lowest BCUT2D eigenvalue weighted by Crippen LogP contribution is -2.17. The van der Waals surface area contributed by atoms with Crippen molar-refractivity contribution in [2.45, 2.75) is 115 Å². The summed E-state index contributed by atoms with van der Waals surface area (Å²) in [7, 11) is 0. The minimum absolute atomic E-state index is 0.162. The van der Waals surface area contributed by atoms with E-state index in [0.29, 0.717) is 6.61 Å². The number of carbonyl (C=O) groups excluding carboxylic acids is 1. The third kappa shape index (κ3) is 16.5. The van der Waals surface area contributed by atoms with Crippen LogP contribution in [0.3, 0.4) is 0 Å². The monoisotopic (exact) mass is 344 g/mol. The Labute approximate surface area is 150 Å². The third-order valence-corrected chi connectivity index (χ3v) is 4.86. The van der Waals surface area contributed by atoms with Gasteiger partial charge in [-0.05, 0) is 13.3 Å². The number of hydrogen-bond acceptors (Lipinski definition) is 3. The van der Waals surface area contributed by atoms with Gasteiger partial charge in [0.25, 0.3) is 0 Å². The van der Waals surface area contributed by atoms with Crippen LogP contribution in [-0.2, 0) is 9.53 Å². The molecule has 0 fully saturated rings. The standard InChI is InChI=1S/C20H40O2S/c1-3-5-6-7-8-9-10-11-12-13-14-15-16-17-18-19(23)20(21)22-4-2/h19,23H,3-18H2,1-2H3. The highest BCUT2D eigenvalue weighted by molar-refractivity contribution is 7.81. The molecule has 2 nitrogen and oxygen atoms in total. The quantitative estimate of drug-likeness (QED) is 0.180. The second-order valence-electron chi connectivity index (χ2n) is 6.65. The molecular weight excluding hydrogens is 304 g/mol. The van der Waals surface area contributed by atoms with E-state index in [0.717, 1.165) is 12.8 Å². The van der Waals surface area contributed by atoms with Gasteiger partial charge in [-0.2, -0.15) is 12.6 Å². The number of thiol groups is 1. The fraction of sp³-hybridized carbons (Fsp3) is 0.950. The van der Waals surface area contributed by atoms with Crippen LogP contribution < -0.4 is 0 Å². The summed E-state index contributed by atoms with van der Waals surface area (Å²) in [6, 6.07) is 0. The lowest BCUT2D eigenvalue weighted by molar-refractivity contribution is -0.142. The molecule has 1 unspecified atom stereocenters. The van der Waals surface area contributed by atoms with Crippen molar-refractivity contribution in [2.24, 2.45) is 0 Å². The first-order valence-corrected chi connectivity index (χ1v) is 10.6. The number of esters is 1. The zero-order valence-electron chi connectivity index (χ0n) is 15.7. The molecule has 0 bridgehead atoms. The van der Waals surface area contributed by atoms with Crippen LogP contribution in [0.25, 0.3) is 0 Å². The molecule has 0 amide bonds. The maximum atomic E-state index is 11.4. The van der Waals surface area contributed by atoms with Crippen LogP contribution >= 0.6 is 12.6 Å². The molecule has 0 N–H and O–H groups in total. The first-order chi connectivity index (χ1) is 11.2. The van der Waals surface area contributed by atoms with Gasteiger partial charge in [0.15, 0.2) is 0 Å². The number of rotatable bonds is 17. The van der Waals surface area contributed by atoms with E-state index < -0.39 is 0 Å². The molecule has 0 aromatic heterocycles. The van der Waals surface area contributed by atoms with Gasteiger partial charge in [-0.3, -0.25) is 4.79 Å². The zero-order chi connectivity index (χ0) is 17.2. The Morgan fingerprint density at radius 1 is 0.739 bits per heavy atom. The Kier molecular flexibility index (Phi) is 18.0. The molecule has 0 aromatic rings. The van der Waals surface area contributed by atoms with E-state index in [2.05, 4.69) is 19.6 Å². The van der Waals surface area contributed by atoms with Crippen LogP contribution in [0, 0.1) is 0 Å². The van der Waals surface area contributed by atoms with E-state index in [-0.39, 0.29) is 11.2 Å². The summed E-state index contributed by atoms with van der Waals surface area (Å²) in [6.45, 7) is 4.57. The first kappa shape index (κ1) is 22.8. The van der Waals surface area contributed by atoms with Crippen molar-refractivity contribution >= 4 is 18.6 Å². The van der Waals surface area contributed by atoms with E-state index in [1.54, 1.807) is 0 Å². The van der Waals surface area contributed by atoms with Gasteiger partial charge >= 0.3 is 5.97 Å². The molecule has 1 atom stereocenters. The summed E-state index contributed by atoms with van der Waals surface area (Å²) in [5.74, 6) is -0.162. The summed E-state index contributed by atoms with van der Waals surface area (Å²) in [5, 5.41) is -0.229. The van der Waals surface area contributed by atoms with E-state index >= 15 is 0 Å². The second-order valence-corrected chi connectivity index (χ2v) is 7.28. The van der Waals surface area contributed by atoms with Crippen molar-refractivity contribution in [1.29, 1.82) is 0 Å². The molecule has 0 heterocycles. The minimum Gasteiger partial charge on any atom is -0.465 e. The smallest absolute Gasteiger partial charge is 0.318 e. The average molecular weight is 345 g/mol. The van der Waals surface area contributed by atoms with E-state index in [1.807, 2.05) is 6.92 Å². The Bertz CT molecular complexity index is 256. The van der Waals surface area contributed by atoms with Gasteiger partial charge in [0.1, 0.15) is 0 Å². The summed E-state index contributed by atoms with van der Waals surface area (Å²) in [6.07, 6.45) is 19.9. The van der Waals surface area contributed by atoms with E-state index in [1.165, 1.54) is 83.5 Å². The van der Waals surface area contributed by atoms with Crippen LogP contribution in [0.15, 0.2) is 0 Å². The van der Waals surface area contributed by atoms with Crippen LogP contribution in [0.1, 0.15) is 110 Å². The number of ether oxygens (including phenoxy) is 1. The van der Waals surface area contributed by atoms with Crippen molar-refractivity contribution in [2.75, 3.05) is 6.61 Å². The Hall–Kier alpha value is -0.180. The highest BCUT2D eigenvalue weighted by atomic mass is 32.1. The fourth-order valence-electron chi connectivity index (χ4n) is 2.89. The van der Waals surface area contributed by atoms with Crippen molar-refractivity contribution in [3.8, 4) is 0 Å². The average Bonchev–Trinajstić information content (AvgIpc) is 2.55. The normalized spacial score (nSPS) is 12.3. The van der Waals surface area contributed by atoms with Gasteiger partial charge in [0, 0.05) is 0 Å². The van der Waals surface area contributed by atoms with Gasteiger partial charge in [0.05, 0.1) is 11.9 Å². The van der Waals surface area contributed by atoms with Crippen LogP contribution in [0.5, 0.6) is 0 Å². The fourth-order valence-corrected chi connectivity index (χ4v) is 3.15. The predicted octanol–water partition coefficient (Wildman–Crippen LogP) is 6.72. The van der Waals surface area contributed by atoms with Crippen molar-refractivity contribution in [3.05, 3.63) is 0 Å². The van der Waals surface area contributed by atoms with Crippen molar-refractivity contribution in [3.63, 3.8) is 0 Å². The molecule has 0 rings (SSSR count). The molecule has 3 heteroatoms. The van der Waals surface area contributed by atoms with Gasteiger partial charge in [-0.1, -0.05) is 96.8 Å². The van der Waals surface area contributed by atoms with Gasteiger partial charge in [0.2, 0.25) is 0 Å². The molecule has 138 valence electrons. The molecule has 0 aliphatic rings. The summed E-state index contributed by atoms with van der Waals surface area (Å²) >= 11 is 4.30. The molecule has 0 aromatic carbocycles. The Morgan fingerprint density at radius 2 is 1.13 bits per heavy atom. The molecule has 0 radical (unpaired) electrons. The van der Waals surface area contributed by atoms with E-state index in [9.17, 15) is 4.79 Å². The van der Waals surface area contributed by atoms with Crippen LogP contribution in [0.2, 0.25) is 0 Å². The molecule has 0 spiro atoms. The summed E-state index contributed by atoms with van der Waals surface area (Å²) in [4.78, 5) is 11.4. The van der Waals surface area contributed by atoms with Gasteiger partial charge < -0.3 is 4.74 Å². The predicted molar refractivity (Wildman–Crippen MR) is 104 cm³/mol.